The first-order valence-electron chi connectivity index (χ1n) is 23.1. The van der Waals surface area contributed by atoms with E-state index >= 15 is 0 Å². The van der Waals surface area contributed by atoms with E-state index in [0.717, 1.165) is 38.5 Å². The van der Waals surface area contributed by atoms with Gasteiger partial charge in [-0.15, -0.1) is 0 Å². The summed E-state index contributed by atoms with van der Waals surface area (Å²) in [7, 11) is 0. The molecule has 0 aliphatic carbocycles. The van der Waals surface area contributed by atoms with Crippen LogP contribution in [-0.2, 0) is 38.0 Å². The molecule has 2 aliphatic rings. The zero-order valence-electron chi connectivity index (χ0n) is 36.3. The van der Waals surface area contributed by atoms with Gasteiger partial charge in [-0.05, 0) is 12.8 Å². The average Bonchev–Trinajstić information content (AvgIpc) is 3.23. The molecule has 7 N–H and O–H groups in total. The molecule has 0 spiro atoms. The van der Waals surface area contributed by atoms with Crippen LogP contribution in [0.15, 0.2) is 0 Å². The van der Waals surface area contributed by atoms with Gasteiger partial charge in [0.2, 0.25) is 0 Å². The van der Waals surface area contributed by atoms with Crippen LogP contribution in [-0.4, -0.2) is 142 Å². The van der Waals surface area contributed by atoms with Crippen LogP contribution in [0.3, 0.4) is 0 Å². The van der Waals surface area contributed by atoms with Crippen molar-refractivity contribution in [3.63, 3.8) is 0 Å². The SMILES string of the molecule is CCCCCCCCCCCCCCC(=O)OC(COC(=O)CCCCCCCCCCCCC)COC1OC(COC2OC(CO)C(O)C(O)C2O)C(O)C(O)C1O. The summed E-state index contributed by atoms with van der Waals surface area (Å²) in [6, 6.07) is 0. The fraction of sp³-hybridized carbons (Fsp3) is 0.955. The van der Waals surface area contributed by atoms with Crippen molar-refractivity contribution in [2.45, 2.75) is 242 Å². The molecule has 59 heavy (non-hydrogen) atoms. The fourth-order valence-electron chi connectivity index (χ4n) is 7.45. The Bertz CT molecular complexity index is 1050. The minimum Gasteiger partial charge on any atom is -0.462 e. The quantitative estimate of drug-likeness (QED) is 0.0333. The largest absolute Gasteiger partial charge is 0.462 e. The maximum absolute atomic E-state index is 12.9. The summed E-state index contributed by atoms with van der Waals surface area (Å²) in [6.45, 7) is 2.57. The van der Waals surface area contributed by atoms with Crippen molar-refractivity contribution >= 4 is 11.9 Å². The Morgan fingerprint density at radius 2 is 0.864 bits per heavy atom. The predicted octanol–water partition coefficient (Wildman–Crippen LogP) is 4.87. The minimum absolute atomic E-state index is 0.172. The molecule has 0 bridgehead atoms. The highest BCUT2D eigenvalue weighted by Crippen LogP contribution is 2.26. The van der Waals surface area contributed by atoms with E-state index in [-0.39, 0.29) is 26.1 Å². The van der Waals surface area contributed by atoms with Crippen molar-refractivity contribution < 1.29 is 73.8 Å². The number of hydrogen-bond acceptors (Lipinski definition) is 15. The third-order valence-electron chi connectivity index (χ3n) is 11.3. The molecule has 15 nitrogen and oxygen atoms in total. The Kier molecular flexibility index (Phi) is 30.1. The highest BCUT2D eigenvalue weighted by molar-refractivity contribution is 5.70. The summed E-state index contributed by atoms with van der Waals surface area (Å²) in [6.07, 6.45) is 10.0. The van der Waals surface area contributed by atoms with Crippen LogP contribution in [0.5, 0.6) is 0 Å². The molecular weight excluding hydrogens is 768 g/mol. The molecule has 2 heterocycles. The van der Waals surface area contributed by atoms with E-state index in [9.17, 15) is 45.3 Å². The third kappa shape index (κ3) is 22.4. The lowest BCUT2D eigenvalue weighted by Crippen LogP contribution is -2.61. The van der Waals surface area contributed by atoms with Gasteiger partial charge in [0.25, 0.3) is 0 Å². The van der Waals surface area contributed by atoms with E-state index < -0.39 is 92.7 Å². The number of aliphatic hydroxyl groups is 7. The second kappa shape index (κ2) is 33.1. The van der Waals surface area contributed by atoms with Gasteiger partial charge in [0, 0.05) is 12.8 Å². The van der Waals surface area contributed by atoms with Crippen molar-refractivity contribution in [3.05, 3.63) is 0 Å². The number of esters is 2. The van der Waals surface area contributed by atoms with Crippen LogP contribution in [0.2, 0.25) is 0 Å². The standard InChI is InChI=1S/C44H82O15/c1-3-5-7-9-11-13-15-17-19-21-23-25-27-36(47)57-32(29-54-35(46)26-24-22-20-18-16-14-12-10-8-6-4-2)30-55-43-42(53)40(51)38(49)34(59-43)31-56-44-41(52)39(50)37(48)33(28-45)58-44/h32-34,37-45,48-53H,3-31H2,1-2H3. The van der Waals surface area contributed by atoms with Crippen LogP contribution in [0.25, 0.3) is 0 Å². The molecule has 0 radical (unpaired) electrons. The summed E-state index contributed by atoms with van der Waals surface area (Å²) in [5, 5.41) is 71.8. The second-order valence-electron chi connectivity index (χ2n) is 16.6. The van der Waals surface area contributed by atoms with Crippen molar-refractivity contribution in [1.29, 1.82) is 0 Å². The van der Waals surface area contributed by atoms with Gasteiger partial charge in [-0.1, -0.05) is 149 Å². The van der Waals surface area contributed by atoms with E-state index in [1.165, 1.54) is 96.3 Å². The summed E-state index contributed by atoms with van der Waals surface area (Å²) in [5.74, 6) is -0.917. The first-order valence-corrected chi connectivity index (χ1v) is 23.1. The van der Waals surface area contributed by atoms with Gasteiger partial charge in [0.05, 0.1) is 19.8 Å². The number of rotatable bonds is 35. The van der Waals surface area contributed by atoms with Crippen molar-refractivity contribution in [1.82, 2.24) is 0 Å². The Hall–Kier alpha value is -1.50. The summed E-state index contributed by atoms with van der Waals surface area (Å²) in [5.41, 5.74) is 0. The van der Waals surface area contributed by atoms with E-state index in [0.29, 0.717) is 12.8 Å². The topological polar surface area (TPSA) is 231 Å². The smallest absolute Gasteiger partial charge is 0.306 e. The number of carbonyl (C=O) groups excluding carboxylic acids is 2. The second-order valence-corrected chi connectivity index (χ2v) is 16.6. The molecule has 2 rings (SSSR count). The number of ether oxygens (including phenoxy) is 6. The Labute approximate surface area is 353 Å². The van der Waals surface area contributed by atoms with Crippen molar-refractivity contribution in [2.75, 3.05) is 26.4 Å². The molecule has 2 saturated heterocycles. The van der Waals surface area contributed by atoms with Crippen LogP contribution in [0.1, 0.15) is 174 Å². The van der Waals surface area contributed by atoms with Gasteiger partial charge >= 0.3 is 11.9 Å². The van der Waals surface area contributed by atoms with E-state index in [1.54, 1.807) is 0 Å². The maximum atomic E-state index is 12.9. The molecule has 0 amide bonds. The average molecular weight is 851 g/mol. The molecule has 0 aromatic carbocycles. The first kappa shape index (κ1) is 53.6. The van der Waals surface area contributed by atoms with Crippen LogP contribution >= 0.6 is 0 Å². The number of aliphatic hydroxyl groups excluding tert-OH is 7. The molecule has 15 heteroatoms. The molecule has 0 saturated carbocycles. The fourth-order valence-corrected chi connectivity index (χ4v) is 7.45. The van der Waals surface area contributed by atoms with Gasteiger partial charge in [-0.2, -0.15) is 0 Å². The minimum atomic E-state index is -1.76. The molecule has 0 aromatic rings. The van der Waals surface area contributed by atoms with Crippen molar-refractivity contribution in [3.8, 4) is 0 Å². The van der Waals surface area contributed by atoms with E-state index in [4.69, 9.17) is 28.4 Å². The highest BCUT2D eigenvalue weighted by Gasteiger charge is 2.47. The van der Waals surface area contributed by atoms with Gasteiger partial charge in [-0.25, -0.2) is 0 Å². The lowest BCUT2D eigenvalue weighted by Gasteiger charge is -2.42. The van der Waals surface area contributed by atoms with Gasteiger partial charge < -0.3 is 64.2 Å². The van der Waals surface area contributed by atoms with E-state index in [2.05, 4.69) is 13.8 Å². The lowest BCUT2D eigenvalue weighted by atomic mass is 9.98. The highest BCUT2D eigenvalue weighted by atomic mass is 16.7. The molecule has 2 fully saturated rings. The molecular formula is C44H82O15. The van der Waals surface area contributed by atoms with Gasteiger partial charge in [0.15, 0.2) is 18.7 Å². The number of carbonyl (C=O) groups is 2. The van der Waals surface area contributed by atoms with Gasteiger partial charge in [0.1, 0.15) is 55.4 Å². The van der Waals surface area contributed by atoms with Crippen LogP contribution < -0.4 is 0 Å². The Morgan fingerprint density at radius 1 is 0.475 bits per heavy atom. The first-order chi connectivity index (χ1) is 28.5. The normalized spacial score (nSPS) is 27.7. The van der Waals surface area contributed by atoms with Crippen molar-refractivity contribution in [2.24, 2.45) is 0 Å². The monoisotopic (exact) mass is 851 g/mol. The van der Waals surface area contributed by atoms with Gasteiger partial charge in [-0.3, -0.25) is 9.59 Å². The Balaban J connectivity index is 1.85. The maximum Gasteiger partial charge on any atom is 0.306 e. The predicted molar refractivity (Wildman–Crippen MR) is 220 cm³/mol. The van der Waals surface area contributed by atoms with E-state index in [1.807, 2.05) is 0 Å². The summed E-state index contributed by atoms with van der Waals surface area (Å²) < 4.78 is 33.4. The molecule has 2 aliphatic heterocycles. The summed E-state index contributed by atoms with van der Waals surface area (Å²) >= 11 is 0. The van der Waals surface area contributed by atoms with Crippen LogP contribution in [0.4, 0.5) is 0 Å². The Morgan fingerprint density at radius 3 is 1.32 bits per heavy atom. The zero-order valence-corrected chi connectivity index (χ0v) is 36.3. The molecule has 348 valence electrons. The lowest BCUT2D eigenvalue weighted by molar-refractivity contribution is -0.332. The number of hydrogen-bond donors (Lipinski definition) is 7. The molecule has 11 unspecified atom stereocenters. The summed E-state index contributed by atoms with van der Waals surface area (Å²) in [4.78, 5) is 25.6. The van der Waals surface area contributed by atoms with Crippen LogP contribution in [0, 0.1) is 0 Å². The zero-order chi connectivity index (χ0) is 43.3. The molecule has 11 atom stereocenters. The number of unbranched alkanes of at least 4 members (excludes halogenated alkanes) is 21. The third-order valence-corrected chi connectivity index (χ3v) is 11.3. The molecule has 0 aromatic heterocycles.